The second kappa shape index (κ2) is 4.45. The molecule has 2 aromatic carbocycles. The zero-order valence-electron chi connectivity index (χ0n) is 9.00. The van der Waals surface area contributed by atoms with Crippen molar-refractivity contribution in [2.24, 2.45) is 0 Å². The molecule has 0 fully saturated rings. The number of nitrogens with one attached hydrogen (secondary N) is 1. The van der Waals surface area contributed by atoms with E-state index in [-0.39, 0.29) is 0 Å². The fraction of sp³-hybridized carbons (Fsp3) is 0.0769. The van der Waals surface area contributed by atoms with E-state index in [9.17, 15) is 0 Å². The van der Waals surface area contributed by atoms with E-state index < -0.39 is 0 Å². The van der Waals surface area contributed by atoms with Crippen molar-refractivity contribution in [1.82, 2.24) is 0 Å². The van der Waals surface area contributed by atoms with Gasteiger partial charge in [-0.3, -0.25) is 0 Å². The van der Waals surface area contributed by atoms with Crippen LogP contribution < -0.4 is 11.1 Å². The smallest absolute Gasteiger partial charge is 0.0641 e. The largest absolute Gasteiger partial charge is 0.397 e. The van der Waals surface area contributed by atoms with E-state index in [0.717, 1.165) is 16.9 Å². The van der Waals surface area contributed by atoms with Gasteiger partial charge in [0.15, 0.2) is 0 Å². The summed E-state index contributed by atoms with van der Waals surface area (Å²) in [6, 6.07) is 13.5. The second-order valence-electron chi connectivity index (χ2n) is 3.70. The first-order chi connectivity index (χ1) is 7.66. The maximum Gasteiger partial charge on any atom is 0.0641 e. The van der Waals surface area contributed by atoms with Gasteiger partial charge in [0, 0.05) is 0 Å². The van der Waals surface area contributed by atoms with Crippen LogP contribution in [0.4, 0.5) is 17.1 Å². The van der Waals surface area contributed by atoms with Crippen molar-refractivity contribution in [3.8, 4) is 0 Å². The predicted octanol–water partition coefficient (Wildman–Crippen LogP) is 3.97. The molecule has 0 heterocycles. The molecule has 0 saturated heterocycles. The van der Waals surface area contributed by atoms with Gasteiger partial charge in [-0.25, -0.2) is 0 Å². The predicted molar refractivity (Wildman–Crippen MR) is 70.3 cm³/mol. The van der Waals surface area contributed by atoms with Crippen LogP contribution in [0.2, 0.25) is 5.02 Å². The Bertz CT molecular complexity index is 509. The van der Waals surface area contributed by atoms with Crippen molar-refractivity contribution < 1.29 is 0 Å². The van der Waals surface area contributed by atoms with Gasteiger partial charge < -0.3 is 11.1 Å². The third kappa shape index (κ3) is 2.28. The molecule has 0 spiro atoms. The van der Waals surface area contributed by atoms with Crippen molar-refractivity contribution in [3.05, 3.63) is 53.1 Å². The Labute approximate surface area is 100 Å². The quantitative estimate of drug-likeness (QED) is 0.769. The zero-order chi connectivity index (χ0) is 11.5. The van der Waals surface area contributed by atoms with E-state index in [1.807, 2.05) is 49.4 Å². The van der Waals surface area contributed by atoms with E-state index in [1.165, 1.54) is 0 Å². The first-order valence-corrected chi connectivity index (χ1v) is 5.42. The Morgan fingerprint density at radius 3 is 2.56 bits per heavy atom. The molecule has 0 radical (unpaired) electrons. The molecule has 2 rings (SSSR count). The molecule has 0 aliphatic carbocycles. The maximum absolute atomic E-state index is 6.10. The summed E-state index contributed by atoms with van der Waals surface area (Å²) in [5, 5.41) is 3.91. The molecule has 3 heteroatoms. The van der Waals surface area contributed by atoms with Gasteiger partial charge in [0.2, 0.25) is 0 Å². The summed E-state index contributed by atoms with van der Waals surface area (Å²) in [5.41, 5.74) is 9.46. The Morgan fingerprint density at radius 2 is 1.81 bits per heavy atom. The van der Waals surface area contributed by atoms with Gasteiger partial charge >= 0.3 is 0 Å². The van der Waals surface area contributed by atoms with Gasteiger partial charge in [0.1, 0.15) is 0 Å². The van der Waals surface area contributed by atoms with Gasteiger partial charge in [-0.2, -0.15) is 0 Å². The third-order valence-electron chi connectivity index (χ3n) is 2.35. The zero-order valence-corrected chi connectivity index (χ0v) is 9.75. The van der Waals surface area contributed by atoms with Crippen molar-refractivity contribution in [2.75, 3.05) is 11.1 Å². The van der Waals surface area contributed by atoms with E-state index in [0.29, 0.717) is 10.7 Å². The van der Waals surface area contributed by atoms with Crippen LogP contribution >= 0.6 is 11.6 Å². The molecule has 2 nitrogen and oxygen atoms in total. The third-order valence-corrected chi connectivity index (χ3v) is 2.68. The SMILES string of the molecule is Cc1ccc(Cl)c(Nc2ccccc2N)c1. The Hall–Kier alpha value is -1.67. The second-order valence-corrected chi connectivity index (χ2v) is 4.10. The van der Waals surface area contributed by atoms with Gasteiger partial charge in [-0.15, -0.1) is 0 Å². The monoisotopic (exact) mass is 232 g/mol. The molecule has 0 aliphatic rings. The molecule has 82 valence electrons. The first-order valence-electron chi connectivity index (χ1n) is 5.04. The lowest BCUT2D eigenvalue weighted by atomic mass is 10.2. The summed E-state index contributed by atoms with van der Waals surface area (Å²) >= 11 is 6.10. The molecule has 16 heavy (non-hydrogen) atoms. The molecule has 0 aliphatic heterocycles. The Balaban J connectivity index is 2.34. The number of aryl methyl sites for hydroxylation is 1. The standard InChI is InChI=1S/C13H13ClN2/c1-9-6-7-10(14)13(8-9)16-12-5-3-2-4-11(12)15/h2-8,16H,15H2,1H3. The number of anilines is 3. The average Bonchev–Trinajstić information content (AvgIpc) is 2.27. The first kappa shape index (κ1) is 10.8. The van der Waals surface area contributed by atoms with Crippen molar-refractivity contribution in [2.45, 2.75) is 6.92 Å². The highest BCUT2D eigenvalue weighted by Gasteiger charge is 2.02. The van der Waals surface area contributed by atoms with Crippen LogP contribution in [0.1, 0.15) is 5.56 Å². The number of hydrogen-bond donors (Lipinski definition) is 2. The highest BCUT2D eigenvalue weighted by molar-refractivity contribution is 6.33. The molecular weight excluding hydrogens is 220 g/mol. The summed E-state index contributed by atoms with van der Waals surface area (Å²) < 4.78 is 0. The van der Waals surface area contributed by atoms with Gasteiger partial charge in [0.25, 0.3) is 0 Å². The number of halogens is 1. The topological polar surface area (TPSA) is 38.0 Å². The van der Waals surface area contributed by atoms with Crippen molar-refractivity contribution >= 4 is 28.7 Å². The number of para-hydroxylation sites is 2. The summed E-state index contributed by atoms with van der Waals surface area (Å²) in [6.07, 6.45) is 0. The van der Waals surface area contributed by atoms with E-state index in [4.69, 9.17) is 17.3 Å². The molecule has 0 bridgehead atoms. The summed E-state index contributed by atoms with van der Waals surface area (Å²) in [6.45, 7) is 2.02. The van der Waals surface area contributed by atoms with Gasteiger partial charge in [-0.05, 0) is 36.8 Å². The summed E-state index contributed by atoms with van der Waals surface area (Å²) in [4.78, 5) is 0. The van der Waals surface area contributed by atoms with Crippen LogP contribution in [-0.2, 0) is 0 Å². The number of benzene rings is 2. The lowest BCUT2D eigenvalue weighted by Crippen LogP contribution is -1.96. The van der Waals surface area contributed by atoms with Crippen LogP contribution in [0, 0.1) is 6.92 Å². The van der Waals surface area contributed by atoms with Gasteiger partial charge in [-0.1, -0.05) is 29.8 Å². The van der Waals surface area contributed by atoms with Crippen molar-refractivity contribution in [3.63, 3.8) is 0 Å². The highest BCUT2D eigenvalue weighted by atomic mass is 35.5. The minimum absolute atomic E-state index is 0.689. The number of nitrogens with two attached hydrogens (primary N) is 1. The van der Waals surface area contributed by atoms with Crippen LogP contribution in [0.3, 0.4) is 0 Å². The minimum Gasteiger partial charge on any atom is -0.397 e. The van der Waals surface area contributed by atoms with Crippen LogP contribution in [0.5, 0.6) is 0 Å². The van der Waals surface area contributed by atoms with Crippen molar-refractivity contribution in [1.29, 1.82) is 0 Å². The summed E-state index contributed by atoms with van der Waals surface area (Å²) in [5.74, 6) is 0. The number of hydrogen-bond acceptors (Lipinski definition) is 2. The van der Waals surface area contributed by atoms with Crippen LogP contribution in [-0.4, -0.2) is 0 Å². The highest BCUT2D eigenvalue weighted by Crippen LogP contribution is 2.28. The lowest BCUT2D eigenvalue weighted by molar-refractivity contribution is 1.45. The molecule has 0 saturated carbocycles. The fourth-order valence-electron chi connectivity index (χ4n) is 1.49. The molecule has 0 unspecified atom stereocenters. The van der Waals surface area contributed by atoms with Gasteiger partial charge in [0.05, 0.1) is 22.1 Å². The Morgan fingerprint density at radius 1 is 1.06 bits per heavy atom. The maximum atomic E-state index is 6.10. The Kier molecular flexibility index (Phi) is 3.02. The van der Waals surface area contributed by atoms with E-state index in [1.54, 1.807) is 0 Å². The molecule has 0 atom stereocenters. The lowest BCUT2D eigenvalue weighted by Gasteiger charge is -2.11. The van der Waals surface area contributed by atoms with Crippen LogP contribution in [0.25, 0.3) is 0 Å². The summed E-state index contributed by atoms with van der Waals surface area (Å²) in [7, 11) is 0. The fourth-order valence-corrected chi connectivity index (χ4v) is 1.66. The normalized spacial score (nSPS) is 10.1. The van der Waals surface area contributed by atoms with E-state index in [2.05, 4.69) is 5.32 Å². The van der Waals surface area contributed by atoms with Crippen LogP contribution in [0.15, 0.2) is 42.5 Å². The van der Waals surface area contributed by atoms with E-state index >= 15 is 0 Å². The number of nitrogen functional groups attached to an aromatic ring is 1. The molecular formula is C13H13ClN2. The minimum atomic E-state index is 0.689. The molecule has 0 amide bonds. The molecule has 3 N–H and O–H groups in total. The number of rotatable bonds is 2. The molecule has 0 aromatic heterocycles. The average molecular weight is 233 g/mol. The molecule has 2 aromatic rings.